The van der Waals surface area contributed by atoms with E-state index in [4.69, 9.17) is 0 Å². The Labute approximate surface area is 104 Å². The molecule has 0 saturated carbocycles. The van der Waals surface area contributed by atoms with E-state index in [1.54, 1.807) is 0 Å². The predicted octanol–water partition coefficient (Wildman–Crippen LogP) is 6.06. The zero-order valence-corrected chi connectivity index (χ0v) is 12.4. The Morgan fingerprint density at radius 3 is 1.69 bits per heavy atom. The third kappa shape index (κ3) is 7.30. The van der Waals surface area contributed by atoms with Crippen molar-refractivity contribution >= 4 is 0 Å². The second-order valence-corrected chi connectivity index (χ2v) is 5.66. The first kappa shape index (κ1) is 16.0. The first-order valence-electron chi connectivity index (χ1n) is 7.67. The van der Waals surface area contributed by atoms with Gasteiger partial charge in [-0.15, -0.1) is 0 Å². The summed E-state index contributed by atoms with van der Waals surface area (Å²) >= 11 is 0. The molecule has 0 N–H and O–H groups in total. The van der Waals surface area contributed by atoms with Crippen LogP contribution in [0.2, 0.25) is 0 Å². The summed E-state index contributed by atoms with van der Waals surface area (Å²) in [4.78, 5) is 0. The minimum atomic E-state index is 0.931. The molecule has 16 heavy (non-hydrogen) atoms. The lowest BCUT2D eigenvalue weighted by molar-refractivity contribution is 0.300. The smallest absolute Gasteiger partial charge is 0.0414 e. The normalized spacial score (nSPS) is 17.1. The van der Waals surface area contributed by atoms with Crippen molar-refractivity contribution < 1.29 is 0 Å². The van der Waals surface area contributed by atoms with Gasteiger partial charge in [-0.3, -0.25) is 0 Å². The summed E-state index contributed by atoms with van der Waals surface area (Å²) in [6.07, 6.45) is 11.3. The molecule has 0 aromatic carbocycles. The standard InChI is InChI=1S/C16H34/c1-6-10-15(8-3)13-16(9-4)12-11-14(5)7-2/h14-16H,6-13H2,1-5H3. The Bertz CT molecular complexity index is 139. The van der Waals surface area contributed by atoms with Crippen LogP contribution in [-0.4, -0.2) is 0 Å². The second-order valence-electron chi connectivity index (χ2n) is 5.66. The van der Waals surface area contributed by atoms with E-state index >= 15 is 0 Å². The molecule has 0 heterocycles. The van der Waals surface area contributed by atoms with Crippen LogP contribution in [0.15, 0.2) is 0 Å². The van der Waals surface area contributed by atoms with E-state index in [2.05, 4.69) is 34.6 Å². The third-order valence-corrected chi connectivity index (χ3v) is 4.28. The highest BCUT2D eigenvalue weighted by Gasteiger charge is 2.14. The zero-order chi connectivity index (χ0) is 12.4. The van der Waals surface area contributed by atoms with E-state index in [0.717, 1.165) is 17.8 Å². The highest BCUT2D eigenvalue weighted by Crippen LogP contribution is 2.27. The lowest BCUT2D eigenvalue weighted by Crippen LogP contribution is -2.09. The van der Waals surface area contributed by atoms with Crippen molar-refractivity contribution in [2.24, 2.45) is 17.8 Å². The van der Waals surface area contributed by atoms with Crippen LogP contribution in [0.3, 0.4) is 0 Å². The minimum absolute atomic E-state index is 0.931. The summed E-state index contributed by atoms with van der Waals surface area (Å²) in [5.41, 5.74) is 0. The van der Waals surface area contributed by atoms with Gasteiger partial charge in [0, 0.05) is 0 Å². The van der Waals surface area contributed by atoms with Crippen LogP contribution < -0.4 is 0 Å². The summed E-state index contributed by atoms with van der Waals surface area (Å²) in [5, 5.41) is 0. The number of hydrogen-bond acceptors (Lipinski definition) is 0. The highest BCUT2D eigenvalue weighted by molar-refractivity contribution is 4.66. The minimum Gasteiger partial charge on any atom is -0.0654 e. The van der Waals surface area contributed by atoms with Crippen LogP contribution in [0.4, 0.5) is 0 Å². The topological polar surface area (TPSA) is 0 Å². The van der Waals surface area contributed by atoms with E-state index in [9.17, 15) is 0 Å². The molecule has 0 rings (SSSR count). The summed E-state index contributed by atoms with van der Waals surface area (Å²) in [6.45, 7) is 11.8. The Morgan fingerprint density at radius 1 is 0.688 bits per heavy atom. The molecule has 0 nitrogen and oxygen atoms in total. The van der Waals surface area contributed by atoms with Gasteiger partial charge in [-0.2, -0.15) is 0 Å². The predicted molar refractivity (Wildman–Crippen MR) is 75.8 cm³/mol. The van der Waals surface area contributed by atoms with Gasteiger partial charge in [0.25, 0.3) is 0 Å². The van der Waals surface area contributed by atoms with Crippen molar-refractivity contribution in [2.45, 2.75) is 86.0 Å². The van der Waals surface area contributed by atoms with Gasteiger partial charge < -0.3 is 0 Å². The van der Waals surface area contributed by atoms with Crippen LogP contribution >= 0.6 is 0 Å². The van der Waals surface area contributed by atoms with Gasteiger partial charge in [0.15, 0.2) is 0 Å². The van der Waals surface area contributed by atoms with Gasteiger partial charge in [0.2, 0.25) is 0 Å². The van der Waals surface area contributed by atoms with Gasteiger partial charge in [0.05, 0.1) is 0 Å². The molecular weight excluding hydrogens is 192 g/mol. The van der Waals surface area contributed by atoms with Crippen molar-refractivity contribution in [3.8, 4) is 0 Å². The molecule has 0 aromatic rings. The number of hydrogen-bond donors (Lipinski definition) is 0. The first-order chi connectivity index (χ1) is 7.67. The highest BCUT2D eigenvalue weighted by atomic mass is 14.2. The van der Waals surface area contributed by atoms with Crippen LogP contribution in [0.5, 0.6) is 0 Å². The molecule has 98 valence electrons. The lowest BCUT2D eigenvalue weighted by Gasteiger charge is -2.22. The van der Waals surface area contributed by atoms with E-state index in [1.807, 2.05) is 0 Å². The maximum absolute atomic E-state index is 2.40. The Kier molecular flexibility index (Phi) is 10.2. The van der Waals surface area contributed by atoms with E-state index < -0.39 is 0 Å². The van der Waals surface area contributed by atoms with Crippen LogP contribution in [-0.2, 0) is 0 Å². The van der Waals surface area contributed by atoms with Crippen molar-refractivity contribution in [2.75, 3.05) is 0 Å². The van der Waals surface area contributed by atoms with E-state index in [1.165, 1.54) is 51.4 Å². The average Bonchev–Trinajstić information content (AvgIpc) is 2.32. The number of rotatable bonds is 10. The van der Waals surface area contributed by atoms with Gasteiger partial charge >= 0.3 is 0 Å². The fourth-order valence-corrected chi connectivity index (χ4v) is 2.58. The van der Waals surface area contributed by atoms with Gasteiger partial charge in [-0.05, 0) is 24.2 Å². The largest absolute Gasteiger partial charge is 0.0654 e. The molecule has 0 aliphatic rings. The molecule has 3 unspecified atom stereocenters. The van der Waals surface area contributed by atoms with Crippen molar-refractivity contribution in [3.63, 3.8) is 0 Å². The second kappa shape index (κ2) is 10.2. The third-order valence-electron chi connectivity index (χ3n) is 4.28. The fourth-order valence-electron chi connectivity index (χ4n) is 2.58. The molecule has 0 bridgehead atoms. The zero-order valence-electron chi connectivity index (χ0n) is 12.4. The maximum Gasteiger partial charge on any atom is -0.0414 e. The average molecular weight is 226 g/mol. The maximum atomic E-state index is 2.40. The lowest BCUT2D eigenvalue weighted by atomic mass is 9.84. The van der Waals surface area contributed by atoms with Crippen LogP contribution in [0.1, 0.15) is 86.0 Å². The quantitative estimate of drug-likeness (QED) is 0.425. The van der Waals surface area contributed by atoms with Gasteiger partial charge in [0.1, 0.15) is 0 Å². The van der Waals surface area contributed by atoms with E-state index in [0.29, 0.717) is 0 Å². The molecule has 3 atom stereocenters. The SMILES string of the molecule is CCCC(CC)CC(CC)CCC(C)CC. The van der Waals surface area contributed by atoms with Crippen LogP contribution in [0, 0.1) is 17.8 Å². The van der Waals surface area contributed by atoms with Crippen molar-refractivity contribution in [3.05, 3.63) is 0 Å². The Balaban J connectivity index is 3.87. The molecular formula is C16H34. The summed E-state index contributed by atoms with van der Waals surface area (Å²) < 4.78 is 0. The molecule has 0 aromatic heterocycles. The van der Waals surface area contributed by atoms with Gasteiger partial charge in [-0.1, -0.05) is 79.6 Å². The molecule has 0 saturated heterocycles. The molecule has 0 heteroatoms. The molecule has 0 amide bonds. The van der Waals surface area contributed by atoms with Crippen molar-refractivity contribution in [1.82, 2.24) is 0 Å². The monoisotopic (exact) mass is 226 g/mol. The molecule has 0 aliphatic heterocycles. The molecule has 0 fully saturated rings. The summed E-state index contributed by atoms with van der Waals surface area (Å²) in [6, 6.07) is 0. The van der Waals surface area contributed by atoms with Crippen molar-refractivity contribution in [1.29, 1.82) is 0 Å². The van der Waals surface area contributed by atoms with Gasteiger partial charge in [-0.25, -0.2) is 0 Å². The Morgan fingerprint density at radius 2 is 1.25 bits per heavy atom. The Hall–Kier alpha value is 0. The molecule has 0 aliphatic carbocycles. The molecule has 0 radical (unpaired) electrons. The van der Waals surface area contributed by atoms with Crippen LogP contribution in [0.25, 0.3) is 0 Å². The summed E-state index contributed by atoms with van der Waals surface area (Å²) in [7, 11) is 0. The van der Waals surface area contributed by atoms with E-state index in [-0.39, 0.29) is 0 Å². The fraction of sp³-hybridized carbons (Fsp3) is 1.00. The molecule has 0 spiro atoms. The first-order valence-corrected chi connectivity index (χ1v) is 7.67. The summed E-state index contributed by atoms with van der Waals surface area (Å²) in [5.74, 6) is 2.91.